The number of benzene rings is 2. The van der Waals surface area contributed by atoms with Crippen LogP contribution in [-0.2, 0) is 0 Å². The van der Waals surface area contributed by atoms with Gasteiger partial charge in [-0.05, 0) is 34.6 Å². The minimum absolute atomic E-state index is 0.0345. The Morgan fingerprint density at radius 1 is 0.680 bits per heavy atom. The Labute approximate surface area is 138 Å². The van der Waals surface area contributed by atoms with Crippen LogP contribution in [-0.4, -0.2) is 20.3 Å². The lowest BCUT2D eigenvalue weighted by Gasteiger charge is -2.10. The molecule has 0 N–H and O–H groups in total. The van der Waals surface area contributed by atoms with Gasteiger partial charge in [0.25, 0.3) is 11.8 Å². The van der Waals surface area contributed by atoms with Gasteiger partial charge in [-0.15, -0.1) is 0 Å². The lowest BCUT2D eigenvalue weighted by atomic mass is 10.3. The Morgan fingerprint density at radius 3 is 1.56 bits per heavy atom. The van der Waals surface area contributed by atoms with Gasteiger partial charge in [-0.2, -0.15) is 9.97 Å². The largest absolute Gasteiger partial charge is 0.432 e. The molecule has 4 rings (SSSR count). The van der Waals surface area contributed by atoms with Crippen molar-refractivity contribution in [2.45, 2.75) is 0 Å². The van der Waals surface area contributed by atoms with Crippen LogP contribution in [0.15, 0.2) is 53.2 Å². The Bertz CT molecular complexity index is 973. The molecular weight excluding hydrogens is 334 g/mol. The lowest BCUT2D eigenvalue weighted by Crippen LogP contribution is -1.99. The fraction of sp³-hybridized carbons (Fsp3) is 0. The van der Waals surface area contributed by atoms with Crippen molar-refractivity contribution in [2.24, 2.45) is 0 Å². The molecule has 0 unspecified atom stereocenters. The molecule has 2 aromatic carbocycles. The van der Waals surface area contributed by atoms with Crippen molar-refractivity contribution in [1.82, 2.24) is 20.3 Å². The first kappa shape index (κ1) is 14.9. The standard InChI is InChI=1S/C16H8F2N4O3/c17-9-5-1-3-7-11(9)23-15-16(20-14-13(19-15)21-25-22-14)24-12-8-4-2-6-10(12)18/h1-8H. The van der Waals surface area contributed by atoms with Gasteiger partial charge in [-0.3, -0.25) is 0 Å². The van der Waals surface area contributed by atoms with E-state index in [9.17, 15) is 8.78 Å². The van der Waals surface area contributed by atoms with Crippen LogP contribution in [0.2, 0.25) is 0 Å². The minimum Gasteiger partial charge on any atom is -0.432 e. The summed E-state index contributed by atoms with van der Waals surface area (Å²) >= 11 is 0. The summed E-state index contributed by atoms with van der Waals surface area (Å²) in [5.41, 5.74) is 0.0689. The molecule has 2 heterocycles. The van der Waals surface area contributed by atoms with Crippen LogP contribution in [0.25, 0.3) is 11.3 Å². The molecule has 124 valence electrons. The molecule has 0 saturated heterocycles. The molecule has 25 heavy (non-hydrogen) atoms. The van der Waals surface area contributed by atoms with E-state index >= 15 is 0 Å². The second-order valence-electron chi connectivity index (χ2n) is 4.81. The monoisotopic (exact) mass is 342 g/mol. The molecule has 0 atom stereocenters. The van der Waals surface area contributed by atoms with Crippen molar-refractivity contribution < 1.29 is 22.9 Å². The SMILES string of the molecule is Fc1ccccc1Oc1nc2nonc2nc1Oc1ccccc1F. The van der Waals surface area contributed by atoms with Crippen LogP contribution < -0.4 is 9.47 Å². The Hall–Kier alpha value is -3.62. The summed E-state index contributed by atoms with van der Waals surface area (Å²) in [6.07, 6.45) is 0. The molecule has 7 nitrogen and oxygen atoms in total. The van der Waals surface area contributed by atoms with E-state index in [4.69, 9.17) is 9.47 Å². The van der Waals surface area contributed by atoms with E-state index in [1.54, 1.807) is 12.1 Å². The molecule has 0 aliphatic rings. The molecule has 0 fully saturated rings. The average Bonchev–Trinajstić information content (AvgIpc) is 3.06. The summed E-state index contributed by atoms with van der Waals surface area (Å²) in [5.74, 6) is -1.86. The molecule has 0 saturated carbocycles. The number of fused-ring (bicyclic) bond motifs is 1. The zero-order chi connectivity index (χ0) is 17.2. The molecule has 0 aliphatic carbocycles. The highest BCUT2D eigenvalue weighted by atomic mass is 19.1. The zero-order valence-electron chi connectivity index (χ0n) is 12.4. The molecular formula is C16H8F2N4O3. The van der Waals surface area contributed by atoms with Crippen molar-refractivity contribution >= 4 is 11.3 Å². The minimum atomic E-state index is -0.612. The highest BCUT2D eigenvalue weighted by Crippen LogP contribution is 2.34. The zero-order valence-corrected chi connectivity index (χ0v) is 12.4. The van der Waals surface area contributed by atoms with Gasteiger partial charge < -0.3 is 9.47 Å². The highest BCUT2D eigenvalue weighted by Gasteiger charge is 2.19. The average molecular weight is 342 g/mol. The topological polar surface area (TPSA) is 83.2 Å². The number of para-hydroxylation sites is 2. The molecule has 4 aromatic rings. The van der Waals surface area contributed by atoms with E-state index in [1.807, 2.05) is 0 Å². The third kappa shape index (κ3) is 2.94. The van der Waals surface area contributed by atoms with Gasteiger partial charge in [-0.1, -0.05) is 24.3 Å². The van der Waals surface area contributed by atoms with Crippen LogP contribution in [0, 0.1) is 11.6 Å². The van der Waals surface area contributed by atoms with Crippen molar-refractivity contribution in [3.63, 3.8) is 0 Å². The van der Waals surface area contributed by atoms with Gasteiger partial charge in [0.2, 0.25) is 11.3 Å². The van der Waals surface area contributed by atoms with Crippen molar-refractivity contribution in [3.8, 4) is 23.3 Å². The maximum absolute atomic E-state index is 13.8. The molecule has 9 heteroatoms. The third-order valence-electron chi connectivity index (χ3n) is 3.14. The first-order valence-corrected chi connectivity index (χ1v) is 7.06. The van der Waals surface area contributed by atoms with Gasteiger partial charge in [0.1, 0.15) is 0 Å². The van der Waals surface area contributed by atoms with Crippen LogP contribution in [0.4, 0.5) is 8.78 Å². The van der Waals surface area contributed by atoms with Crippen LogP contribution >= 0.6 is 0 Å². The Kier molecular flexibility index (Phi) is 3.65. The van der Waals surface area contributed by atoms with Crippen molar-refractivity contribution in [2.75, 3.05) is 0 Å². The number of rotatable bonds is 4. The number of halogens is 2. The van der Waals surface area contributed by atoms with Gasteiger partial charge in [0, 0.05) is 0 Å². The molecule has 0 radical (unpaired) electrons. The quantitative estimate of drug-likeness (QED) is 0.556. The third-order valence-corrected chi connectivity index (χ3v) is 3.14. The normalized spacial score (nSPS) is 10.8. The van der Waals surface area contributed by atoms with E-state index in [2.05, 4.69) is 24.9 Å². The van der Waals surface area contributed by atoms with Crippen LogP contribution in [0.1, 0.15) is 0 Å². The summed E-state index contributed by atoms with van der Waals surface area (Å²) in [6.45, 7) is 0. The van der Waals surface area contributed by atoms with Crippen LogP contribution in [0.5, 0.6) is 23.3 Å². The van der Waals surface area contributed by atoms with Gasteiger partial charge >= 0.3 is 0 Å². The predicted octanol–water partition coefficient (Wildman–Crippen LogP) is 3.88. The Morgan fingerprint density at radius 2 is 1.12 bits per heavy atom. The van der Waals surface area contributed by atoms with E-state index in [1.165, 1.54) is 36.4 Å². The molecule has 2 aromatic heterocycles. The number of ether oxygens (including phenoxy) is 2. The molecule has 0 amide bonds. The van der Waals surface area contributed by atoms with E-state index in [-0.39, 0.29) is 34.6 Å². The fourth-order valence-electron chi connectivity index (χ4n) is 2.00. The molecule has 0 spiro atoms. The number of aromatic nitrogens is 4. The van der Waals surface area contributed by atoms with Crippen molar-refractivity contribution in [3.05, 3.63) is 60.2 Å². The predicted molar refractivity (Wildman–Crippen MR) is 80.3 cm³/mol. The first-order chi connectivity index (χ1) is 12.2. The van der Waals surface area contributed by atoms with Gasteiger partial charge in [0.05, 0.1) is 0 Å². The summed E-state index contributed by atoms with van der Waals surface area (Å²) in [6, 6.07) is 11.4. The van der Waals surface area contributed by atoms with Crippen LogP contribution in [0.3, 0.4) is 0 Å². The smallest absolute Gasteiger partial charge is 0.286 e. The Balaban J connectivity index is 1.78. The molecule has 0 aliphatic heterocycles. The number of nitrogens with zero attached hydrogens (tertiary/aromatic N) is 4. The second kappa shape index (κ2) is 6.11. The lowest BCUT2D eigenvalue weighted by molar-refractivity contribution is 0.314. The van der Waals surface area contributed by atoms with Gasteiger partial charge in [-0.25, -0.2) is 13.4 Å². The van der Waals surface area contributed by atoms with Gasteiger partial charge in [0.15, 0.2) is 23.1 Å². The fourth-order valence-corrected chi connectivity index (χ4v) is 2.00. The summed E-state index contributed by atoms with van der Waals surface area (Å²) in [7, 11) is 0. The maximum atomic E-state index is 13.8. The van der Waals surface area contributed by atoms with E-state index in [0.717, 1.165) is 0 Å². The summed E-state index contributed by atoms with van der Waals surface area (Å²) in [4.78, 5) is 8.06. The second-order valence-corrected chi connectivity index (χ2v) is 4.81. The summed E-state index contributed by atoms with van der Waals surface area (Å²) < 4.78 is 43.1. The van der Waals surface area contributed by atoms with E-state index in [0.29, 0.717) is 0 Å². The highest BCUT2D eigenvalue weighted by molar-refractivity contribution is 5.65. The van der Waals surface area contributed by atoms with Crippen molar-refractivity contribution in [1.29, 1.82) is 0 Å². The summed E-state index contributed by atoms with van der Waals surface area (Å²) in [5, 5.41) is 7.09. The number of hydrogen-bond donors (Lipinski definition) is 0. The van der Waals surface area contributed by atoms with E-state index < -0.39 is 11.6 Å². The first-order valence-electron chi connectivity index (χ1n) is 7.06. The maximum Gasteiger partial charge on any atom is 0.286 e. The molecule has 0 bridgehead atoms. The number of hydrogen-bond acceptors (Lipinski definition) is 7.